The van der Waals surface area contributed by atoms with E-state index in [1.54, 1.807) is 0 Å². The molecule has 1 unspecified atom stereocenters. The Kier molecular flexibility index (Phi) is 5.31. The molecule has 0 spiro atoms. The highest BCUT2D eigenvalue weighted by Crippen LogP contribution is 2.25. The first-order valence-electron chi connectivity index (χ1n) is 7.91. The zero-order valence-electron chi connectivity index (χ0n) is 13.0. The Morgan fingerprint density at radius 1 is 1.17 bits per heavy atom. The lowest BCUT2D eigenvalue weighted by Gasteiger charge is -2.33. The van der Waals surface area contributed by atoms with Gasteiger partial charge in [0.1, 0.15) is 6.10 Å². The van der Waals surface area contributed by atoms with Crippen molar-refractivity contribution >= 4 is 17.5 Å². The minimum Gasteiger partial charge on any atom is -0.370 e. The Labute approximate surface area is 141 Å². The first kappa shape index (κ1) is 16.0. The zero-order chi connectivity index (χ0) is 16.1. The lowest BCUT2D eigenvalue weighted by molar-refractivity contribution is -0.139. The van der Waals surface area contributed by atoms with Crippen LogP contribution < -0.4 is 0 Å². The van der Waals surface area contributed by atoms with E-state index in [4.69, 9.17) is 16.3 Å². The number of halogens is 1. The molecule has 1 heterocycles. The van der Waals surface area contributed by atoms with Crippen LogP contribution in [-0.4, -0.2) is 30.5 Å². The van der Waals surface area contributed by atoms with Crippen LogP contribution in [0, 0.1) is 0 Å². The summed E-state index contributed by atoms with van der Waals surface area (Å²) in [5, 5.41) is 0.693. The molecule has 120 valence electrons. The van der Waals surface area contributed by atoms with Gasteiger partial charge in [0.15, 0.2) is 0 Å². The molecule has 1 fully saturated rings. The fourth-order valence-electron chi connectivity index (χ4n) is 2.84. The summed E-state index contributed by atoms with van der Waals surface area (Å²) in [5.74, 6) is 0.184. The highest BCUT2D eigenvalue weighted by atomic mass is 35.5. The first-order chi connectivity index (χ1) is 11.2. The number of carbonyl (C=O) groups excluding carboxylic acids is 1. The van der Waals surface area contributed by atoms with Gasteiger partial charge in [-0.05, 0) is 29.7 Å². The van der Waals surface area contributed by atoms with Crippen molar-refractivity contribution in [2.24, 2.45) is 0 Å². The molecule has 0 saturated carbocycles. The largest absolute Gasteiger partial charge is 0.370 e. The van der Waals surface area contributed by atoms with Crippen LogP contribution in [0.25, 0.3) is 0 Å². The molecule has 4 heteroatoms. The van der Waals surface area contributed by atoms with Gasteiger partial charge in [0.05, 0.1) is 13.2 Å². The number of rotatable bonds is 4. The number of aryl methyl sites for hydroxylation is 1. The van der Waals surface area contributed by atoms with Crippen LogP contribution in [0.2, 0.25) is 5.02 Å². The summed E-state index contributed by atoms with van der Waals surface area (Å²) >= 11 is 6.04. The van der Waals surface area contributed by atoms with Gasteiger partial charge in [-0.2, -0.15) is 0 Å². The van der Waals surface area contributed by atoms with E-state index >= 15 is 0 Å². The van der Waals surface area contributed by atoms with Crippen molar-refractivity contribution in [1.29, 1.82) is 0 Å². The van der Waals surface area contributed by atoms with E-state index in [2.05, 4.69) is 12.1 Å². The molecule has 0 radical (unpaired) electrons. The second-order valence-electron chi connectivity index (χ2n) is 5.74. The Balaban J connectivity index is 1.58. The third-order valence-corrected chi connectivity index (χ3v) is 4.35. The molecule has 23 heavy (non-hydrogen) atoms. The van der Waals surface area contributed by atoms with Crippen LogP contribution >= 0.6 is 11.6 Å². The van der Waals surface area contributed by atoms with Crippen LogP contribution in [0.1, 0.15) is 23.7 Å². The van der Waals surface area contributed by atoms with E-state index in [0.717, 1.165) is 12.0 Å². The summed E-state index contributed by atoms with van der Waals surface area (Å²) < 4.78 is 5.81. The molecule has 1 aliphatic rings. The van der Waals surface area contributed by atoms with Crippen LogP contribution in [0.4, 0.5) is 0 Å². The van der Waals surface area contributed by atoms with Gasteiger partial charge >= 0.3 is 0 Å². The molecular weight excluding hydrogens is 310 g/mol. The SMILES string of the molecule is O=C(CCc1ccccc1)N1CCOC(c2cccc(Cl)c2)C1. The Bertz CT molecular complexity index is 659. The average Bonchev–Trinajstić information content (AvgIpc) is 2.61. The third kappa shape index (κ3) is 4.34. The highest BCUT2D eigenvalue weighted by molar-refractivity contribution is 6.30. The third-order valence-electron chi connectivity index (χ3n) is 4.11. The molecular formula is C19H20ClNO2. The number of hydrogen-bond acceptors (Lipinski definition) is 2. The van der Waals surface area contributed by atoms with Gasteiger partial charge in [-0.1, -0.05) is 54.1 Å². The minimum atomic E-state index is -0.0943. The van der Waals surface area contributed by atoms with Crippen LogP contribution in [0.5, 0.6) is 0 Å². The molecule has 3 rings (SSSR count). The second-order valence-corrected chi connectivity index (χ2v) is 6.18. The molecule has 2 aromatic carbocycles. The minimum absolute atomic E-state index is 0.0943. The Morgan fingerprint density at radius 3 is 2.78 bits per heavy atom. The molecule has 3 nitrogen and oxygen atoms in total. The summed E-state index contributed by atoms with van der Waals surface area (Å²) in [5.41, 5.74) is 2.22. The molecule has 0 aliphatic carbocycles. The van der Waals surface area contributed by atoms with E-state index in [9.17, 15) is 4.79 Å². The second kappa shape index (κ2) is 7.62. The fraction of sp³-hybridized carbons (Fsp3) is 0.316. The maximum atomic E-state index is 12.5. The quantitative estimate of drug-likeness (QED) is 0.852. The van der Waals surface area contributed by atoms with Crippen molar-refractivity contribution < 1.29 is 9.53 Å². The molecule has 0 aromatic heterocycles. The molecule has 1 amide bonds. The summed E-state index contributed by atoms with van der Waals surface area (Å²) in [6.07, 6.45) is 1.22. The molecule has 1 saturated heterocycles. The van der Waals surface area contributed by atoms with Gasteiger partial charge in [-0.3, -0.25) is 4.79 Å². The van der Waals surface area contributed by atoms with Crippen molar-refractivity contribution in [3.63, 3.8) is 0 Å². The fourth-order valence-corrected chi connectivity index (χ4v) is 3.04. The maximum Gasteiger partial charge on any atom is 0.223 e. The van der Waals surface area contributed by atoms with Crippen LogP contribution in [0.3, 0.4) is 0 Å². The average molecular weight is 330 g/mol. The van der Waals surface area contributed by atoms with Gasteiger partial charge in [0, 0.05) is 18.0 Å². The van der Waals surface area contributed by atoms with Gasteiger partial charge < -0.3 is 9.64 Å². The Morgan fingerprint density at radius 2 is 2.00 bits per heavy atom. The number of morpholine rings is 1. The van der Waals surface area contributed by atoms with Gasteiger partial charge in [-0.15, -0.1) is 0 Å². The predicted octanol–water partition coefficient (Wildman–Crippen LogP) is 3.87. The molecule has 0 N–H and O–H groups in total. The van der Waals surface area contributed by atoms with E-state index in [0.29, 0.717) is 31.1 Å². The number of ether oxygens (including phenoxy) is 1. The van der Waals surface area contributed by atoms with E-state index in [1.807, 2.05) is 47.4 Å². The van der Waals surface area contributed by atoms with E-state index in [-0.39, 0.29) is 12.0 Å². The van der Waals surface area contributed by atoms with Crippen molar-refractivity contribution in [3.8, 4) is 0 Å². The topological polar surface area (TPSA) is 29.5 Å². The Hall–Kier alpha value is -1.84. The van der Waals surface area contributed by atoms with Crippen LogP contribution in [0.15, 0.2) is 54.6 Å². The van der Waals surface area contributed by atoms with Crippen LogP contribution in [-0.2, 0) is 16.0 Å². The standard InChI is InChI=1S/C19H20ClNO2/c20-17-8-4-7-16(13-17)18-14-21(11-12-23-18)19(22)10-9-15-5-2-1-3-6-15/h1-8,13,18H,9-12,14H2. The molecule has 0 bridgehead atoms. The summed E-state index contributed by atoms with van der Waals surface area (Å²) in [6.45, 7) is 1.81. The summed E-state index contributed by atoms with van der Waals surface area (Å²) in [4.78, 5) is 14.4. The lowest BCUT2D eigenvalue weighted by atomic mass is 10.1. The van der Waals surface area contributed by atoms with E-state index in [1.165, 1.54) is 5.56 Å². The number of hydrogen-bond donors (Lipinski definition) is 0. The number of amides is 1. The summed E-state index contributed by atoms with van der Waals surface area (Å²) in [7, 11) is 0. The van der Waals surface area contributed by atoms with Crippen molar-refractivity contribution in [3.05, 3.63) is 70.7 Å². The lowest BCUT2D eigenvalue weighted by Crippen LogP contribution is -2.42. The highest BCUT2D eigenvalue weighted by Gasteiger charge is 2.25. The molecule has 2 aromatic rings. The monoisotopic (exact) mass is 329 g/mol. The zero-order valence-corrected chi connectivity index (χ0v) is 13.7. The van der Waals surface area contributed by atoms with Crippen molar-refractivity contribution in [2.75, 3.05) is 19.7 Å². The van der Waals surface area contributed by atoms with Gasteiger partial charge in [0.25, 0.3) is 0 Å². The van der Waals surface area contributed by atoms with Gasteiger partial charge in [-0.25, -0.2) is 0 Å². The molecule has 1 atom stereocenters. The first-order valence-corrected chi connectivity index (χ1v) is 8.29. The maximum absolute atomic E-state index is 12.5. The number of nitrogens with zero attached hydrogens (tertiary/aromatic N) is 1. The van der Waals surface area contributed by atoms with Crippen molar-refractivity contribution in [1.82, 2.24) is 4.90 Å². The van der Waals surface area contributed by atoms with Gasteiger partial charge in [0.2, 0.25) is 5.91 Å². The number of benzene rings is 2. The van der Waals surface area contributed by atoms with E-state index < -0.39 is 0 Å². The summed E-state index contributed by atoms with van der Waals surface area (Å²) in [6, 6.07) is 17.8. The normalized spacial score (nSPS) is 18.0. The smallest absolute Gasteiger partial charge is 0.223 e. The van der Waals surface area contributed by atoms with Crippen molar-refractivity contribution in [2.45, 2.75) is 18.9 Å². The molecule has 1 aliphatic heterocycles. The predicted molar refractivity (Wildman–Crippen MR) is 91.5 cm³/mol. The number of carbonyl (C=O) groups is 1.